The first-order valence-corrected chi connectivity index (χ1v) is 4.31. The lowest BCUT2D eigenvalue weighted by atomic mass is 10.0. The summed E-state index contributed by atoms with van der Waals surface area (Å²) in [6, 6.07) is 3.99. The molecule has 0 aliphatic carbocycles. The third-order valence-electron chi connectivity index (χ3n) is 1.99. The molecule has 0 heterocycles. The highest BCUT2D eigenvalue weighted by Crippen LogP contribution is 2.30. The van der Waals surface area contributed by atoms with E-state index in [4.69, 9.17) is 0 Å². The van der Waals surface area contributed by atoms with Crippen LogP contribution >= 0.6 is 0 Å². The lowest BCUT2D eigenvalue weighted by molar-refractivity contribution is -0.137. The Hall–Kier alpha value is -1.25. The van der Waals surface area contributed by atoms with Crippen LogP contribution in [0.15, 0.2) is 24.8 Å². The van der Waals surface area contributed by atoms with Gasteiger partial charge in [0.2, 0.25) is 0 Å². The molecule has 76 valence electrons. The van der Waals surface area contributed by atoms with Crippen LogP contribution in [0.25, 0.3) is 6.08 Å². The summed E-state index contributed by atoms with van der Waals surface area (Å²) >= 11 is 0. The molecular formula is C11H11F3. The van der Waals surface area contributed by atoms with Gasteiger partial charge in [-0.15, -0.1) is 0 Å². The average Bonchev–Trinajstić information content (AvgIpc) is 2.15. The van der Waals surface area contributed by atoms with Crippen LogP contribution in [0.5, 0.6) is 0 Å². The molecule has 14 heavy (non-hydrogen) atoms. The predicted octanol–water partition coefficient (Wildman–Crippen LogP) is 3.91. The number of aryl methyl sites for hydroxylation is 1. The van der Waals surface area contributed by atoms with Crippen molar-refractivity contribution in [2.45, 2.75) is 19.5 Å². The van der Waals surface area contributed by atoms with Crippen molar-refractivity contribution >= 4 is 6.08 Å². The van der Waals surface area contributed by atoms with Gasteiger partial charge in [-0.1, -0.05) is 25.6 Å². The Labute approximate surface area is 81.1 Å². The molecule has 1 aromatic carbocycles. The Morgan fingerprint density at radius 1 is 1.29 bits per heavy atom. The molecule has 1 rings (SSSR count). The van der Waals surface area contributed by atoms with E-state index < -0.39 is 11.7 Å². The van der Waals surface area contributed by atoms with Crippen LogP contribution in [0, 0.1) is 0 Å². The summed E-state index contributed by atoms with van der Waals surface area (Å²) in [6.07, 6.45) is -2.26. The molecule has 0 atom stereocenters. The molecule has 0 aliphatic heterocycles. The maximum atomic E-state index is 12.4. The Morgan fingerprint density at radius 3 is 2.36 bits per heavy atom. The first-order valence-electron chi connectivity index (χ1n) is 4.31. The predicted molar refractivity (Wildman–Crippen MR) is 50.9 cm³/mol. The molecule has 0 radical (unpaired) electrons. The number of hydrogen-bond donors (Lipinski definition) is 0. The smallest absolute Gasteiger partial charge is 0.166 e. The molecule has 0 saturated heterocycles. The Kier molecular flexibility index (Phi) is 2.99. The zero-order valence-electron chi connectivity index (χ0n) is 7.86. The minimum atomic E-state index is -4.27. The van der Waals surface area contributed by atoms with E-state index >= 15 is 0 Å². The quantitative estimate of drug-likeness (QED) is 0.678. The maximum Gasteiger partial charge on any atom is 0.416 e. The zero-order valence-corrected chi connectivity index (χ0v) is 7.86. The van der Waals surface area contributed by atoms with Crippen LogP contribution in [0.4, 0.5) is 13.2 Å². The molecule has 0 nitrogen and oxygen atoms in total. The molecule has 0 aromatic heterocycles. The van der Waals surface area contributed by atoms with E-state index in [-0.39, 0.29) is 0 Å². The lowest BCUT2D eigenvalue weighted by Crippen LogP contribution is -2.05. The minimum absolute atomic E-state index is 0.511. The summed E-state index contributed by atoms with van der Waals surface area (Å²) in [4.78, 5) is 0. The SMILES string of the molecule is C=Cc1cc(CC)cc(C(F)(F)F)c1. The van der Waals surface area contributed by atoms with Gasteiger partial charge in [0, 0.05) is 0 Å². The first kappa shape index (κ1) is 10.8. The third kappa shape index (κ3) is 2.37. The van der Waals surface area contributed by atoms with Crippen LogP contribution < -0.4 is 0 Å². The number of benzene rings is 1. The van der Waals surface area contributed by atoms with Gasteiger partial charge in [0.05, 0.1) is 5.56 Å². The largest absolute Gasteiger partial charge is 0.416 e. The molecule has 3 heteroatoms. The normalized spacial score (nSPS) is 11.4. The Balaban J connectivity index is 3.24. The van der Waals surface area contributed by atoms with Crippen molar-refractivity contribution in [3.05, 3.63) is 41.5 Å². The fraction of sp³-hybridized carbons (Fsp3) is 0.273. The van der Waals surface area contributed by atoms with Crippen molar-refractivity contribution in [3.63, 3.8) is 0 Å². The first-order chi connectivity index (χ1) is 6.47. The second kappa shape index (κ2) is 3.86. The van der Waals surface area contributed by atoms with Gasteiger partial charge in [0.25, 0.3) is 0 Å². The molecule has 0 aliphatic rings. The van der Waals surface area contributed by atoms with Gasteiger partial charge in [0.1, 0.15) is 0 Å². The molecule has 1 aromatic rings. The Bertz CT molecular complexity index is 337. The van der Waals surface area contributed by atoms with Crippen LogP contribution in [-0.4, -0.2) is 0 Å². The summed E-state index contributed by atoms with van der Waals surface area (Å²) in [5, 5.41) is 0. The topological polar surface area (TPSA) is 0 Å². The van der Waals surface area contributed by atoms with Crippen molar-refractivity contribution in [3.8, 4) is 0 Å². The van der Waals surface area contributed by atoms with Gasteiger partial charge in [-0.25, -0.2) is 0 Å². The van der Waals surface area contributed by atoms with E-state index in [1.54, 1.807) is 6.07 Å². The standard InChI is InChI=1S/C11H11F3/c1-3-8-5-9(4-2)7-10(6-8)11(12,13)14/h3,5-7H,1,4H2,2H3. The summed E-state index contributed by atoms with van der Waals surface area (Å²) < 4.78 is 37.2. The van der Waals surface area contributed by atoms with E-state index in [0.29, 0.717) is 17.5 Å². The summed E-state index contributed by atoms with van der Waals surface area (Å²) in [6.45, 7) is 5.28. The van der Waals surface area contributed by atoms with Gasteiger partial charge < -0.3 is 0 Å². The second-order valence-electron chi connectivity index (χ2n) is 3.02. The minimum Gasteiger partial charge on any atom is -0.166 e. The van der Waals surface area contributed by atoms with Crippen LogP contribution in [0.2, 0.25) is 0 Å². The molecule has 0 unspecified atom stereocenters. The monoisotopic (exact) mass is 200 g/mol. The molecule has 0 fully saturated rings. The molecule has 0 saturated carbocycles. The van der Waals surface area contributed by atoms with Crippen molar-refractivity contribution in [1.82, 2.24) is 0 Å². The maximum absolute atomic E-state index is 12.4. The lowest BCUT2D eigenvalue weighted by Gasteiger charge is -2.09. The van der Waals surface area contributed by atoms with Gasteiger partial charge in [0.15, 0.2) is 0 Å². The van der Waals surface area contributed by atoms with Gasteiger partial charge >= 0.3 is 6.18 Å². The number of hydrogen-bond acceptors (Lipinski definition) is 0. The average molecular weight is 200 g/mol. The van der Waals surface area contributed by atoms with Crippen molar-refractivity contribution in [2.24, 2.45) is 0 Å². The second-order valence-corrected chi connectivity index (χ2v) is 3.02. The molecule has 0 spiro atoms. The summed E-state index contributed by atoms with van der Waals surface area (Å²) in [7, 11) is 0. The Morgan fingerprint density at radius 2 is 1.93 bits per heavy atom. The van der Waals surface area contributed by atoms with Crippen molar-refractivity contribution in [1.29, 1.82) is 0 Å². The van der Waals surface area contributed by atoms with E-state index in [0.717, 1.165) is 6.07 Å². The van der Waals surface area contributed by atoms with Crippen LogP contribution in [0.1, 0.15) is 23.6 Å². The summed E-state index contributed by atoms with van der Waals surface area (Å²) in [5.74, 6) is 0. The highest BCUT2D eigenvalue weighted by molar-refractivity contribution is 5.50. The zero-order chi connectivity index (χ0) is 10.8. The van der Waals surface area contributed by atoms with Gasteiger partial charge in [-0.3, -0.25) is 0 Å². The van der Waals surface area contributed by atoms with E-state index in [1.807, 2.05) is 6.92 Å². The molecule has 0 amide bonds. The molecular weight excluding hydrogens is 189 g/mol. The third-order valence-corrected chi connectivity index (χ3v) is 1.99. The molecule has 0 N–H and O–H groups in total. The number of halogens is 3. The fourth-order valence-corrected chi connectivity index (χ4v) is 1.20. The fourth-order valence-electron chi connectivity index (χ4n) is 1.20. The summed E-state index contributed by atoms with van der Waals surface area (Å²) in [5.41, 5.74) is 0.582. The van der Waals surface area contributed by atoms with Crippen LogP contribution in [0.3, 0.4) is 0 Å². The number of alkyl halides is 3. The molecule has 0 bridgehead atoms. The van der Waals surface area contributed by atoms with Crippen molar-refractivity contribution < 1.29 is 13.2 Å². The number of rotatable bonds is 2. The van der Waals surface area contributed by atoms with Gasteiger partial charge in [-0.2, -0.15) is 13.2 Å². The van der Waals surface area contributed by atoms with Crippen molar-refractivity contribution in [2.75, 3.05) is 0 Å². The van der Waals surface area contributed by atoms with E-state index in [2.05, 4.69) is 6.58 Å². The van der Waals surface area contributed by atoms with E-state index in [1.165, 1.54) is 12.1 Å². The van der Waals surface area contributed by atoms with E-state index in [9.17, 15) is 13.2 Å². The van der Waals surface area contributed by atoms with Crippen LogP contribution in [-0.2, 0) is 12.6 Å². The van der Waals surface area contributed by atoms with Gasteiger partial charge in [-0.05, 0) is 29.7 Å². The highest BCUT2D eigenvalue weighted by Gasteiger charge is 2.30. The highest BCUT2D eigenvalue weighted by atomic mass is 19.4.